The number of rotatable bonds is 5. The Balaban J connectivity index is 1.52. The first-order chi connectivity index (χ1) is 11.6. The van der Waals surface area contributed by atoms with E-state index in [4.69, 9.17) is 9.47 Å². The molecule has 2 aliphatic heterocycles. The van der Waals surface area contributed by atoms with Crippen molar-refractivity contribution < 1.29 is 14.3 Å². The van der Waals surface area contributed by atoms with E-state index in [2.05, 4.69) is 15.5 Å². The largest absolute Gasteiger partial charge is 0.383 e. The highest BCUT2D eigenvalue weighted by atomic mass is 16.5. The van der Waals surface area contributed by atoms with E-state index >= 15 is 0 Å². The van der Waals surface area contributed by atoms with Crippen molar-refractivity contribution in [3.63, 3.8) is 0 Å². The molecule has 1 atom stereocenters. The van der Waals surface area contributed by atoms with Gasteiger partial charge in [-0.3, -0.25) is 0 Å². The fourth-order valence-corrected chi connectivity index (χ4v) is 3.57. The van der Waals surface area contributed by atoms with Gasteiger partial charge in [-0.15, -0.1) is 10.2 Å². The van der Waals surface area contributed by atoms with Crippen molar-refractivity contribution in [3.8, 4) is 0 Å². The molecule has 8 nitrogen and oxygen atoms in total. The number of hydrogen-bond donors (Lipinski definition) is 1. The number of methoxy groups -OCH3 is 1. The lowest BCUT2D eigenvalue weighted by molar-refractivity contribution is -0.0362. The second-order valence-corrected chi connectivity index (χ2v) is 6.67. The van der Waals surface area contributed by atoms with Crippen molar-refractivity contribution in [3.05, 3.63) is 12.2 Å². The quantitative estimate of drug-likeness (QED) is 0.877. The summed E-state index contributed by atoms with van der Waals surface area (Å²) in [5.41, 5.74) is 0.0305. The van der Waals surface area contributed by atoms with E-state index in [9.17, 15) is 4.79 Å². The van der Waals surface area contributed by atoms with Crippen LogP contribution in [0.5, 0.6) is 0 Å². The van der Waals surface area contributed by atoms with Gasteiger partial charge in [0.2, 0.25) is 0 Å². The number of ether oxygens (including phenoxy) is 2. The number of likely N-dealkylation sites (tertiary alicyclic amines) is 1. The normalized spacial score (nSPS) is 21.2. The minimum absolute atomic E-state index is 0.0305. The highest BCUT2D eigenvalue weighted by Crippen LogP contribution is 2.35. The molecule has 0 unspecified atom stereocenters. The fraction of sp³-hybridized carbons (Fsp3) is 0.812. The summed E-state index contributed by atoms with van der Waals surface area (Å²) in [6.45, 7) is 5.53. The zero-order valence-electron chi connectivity index (χ0n) is 14.5. The third-order valence-electron chi connectivity index (χ3n) is 5.06. The molecule has 8 heteroatoms. The first kappa shape index (κ1) is 17.2. The molecule has 2 saturated heterocycles. The third kappa shape index (κ3) is 3.70. The maximum atomic E-state index is 12.5. The number of aromatic nitrogens is 3. The van der Waals surface area contributed by atoms with Crippen molar-refractivity contribution in [2.75, 3.05) is 33.4 Å². The molecule has 1 N–H and O–H groups in total. The number of carbonyl (C=O) groups is 1. The molecule has 2 fully saturated rings. The van der Waals surface area contributed by atoms with Gasteiger partial charge in [-0.1, -0.05) is 0 Å². The average molecular weight is 337 g/mol. The van der Waals surface area contributed by atoms with Crippen molar-refractivity contribution in [1.29, 1.82) is 0 Å². The lowest BCUT2D eigenvalue weighted by Gasteiger charge is -2.38. The van der Waals surface area contributed by atoms with Gasteiger partial charge in [-0.2, -0.15) is 0 Å². The van der Waals surface area contributed by atoms with Crippen LogP contribution in [0.25, 0.3) is 0 Å². The minimum Gasteiger partial charge on any atom is -0.383 e. The van der Waals surface area contributed by atoms with Crippen molar-refractivity contribution >= 4 is 6.03 Å². The van der Waals surface area contributed by atoms with Crippen LogP contribution in [0.15, 0.2) is 6.33 Å². The summed E-state index contributed by atoms with van der Waals surface area (Å²) in [5.74, 6) is 0.744. The first-order valence-electron chi connectivity index (χ1n) is 8.70. The summed E-state index contributed by atoms with van der Waals surface area (Å²) in [5, 5.41) is 11.1. The summed E-state index contributed by atoms with van der Waals surface area (Å²) < 4.78 is 12.9. The van der Waals surface area contributed by atoms with E-state index in [0.29, 0.717) is 13.2 Å². The Kier molecular flexibility index (Phi) is 5.35. The van der Waals surface area contributed by atoms with Crippen LogP contribution in [0.2, 0.25) is 0 Å². The zero-order valence-corrected chi connectivity index (χ0v) is 14.5. The molecule has 0 aliphatic carbocycles. The molecule has 0 saturated carbocycles. The Morgan fingerprint density at radius 1 is 1.46 bits per heavy atom. The molecule has 0 radical (unpaired) electrons. The van der Waals surface area contributed by atoms with E-state index in [-0.39, 0.29) is 17.7 Å². The van der Waals surface area contributed by atoms with Gasteiger partial charge in [0, 0.05) is 33.4 Å². The second kappa shape index (κ2) is 7.48. The lowest BCUT2D eigenvalue weighted by atomic mass is 9.89. The predicted octanol–water partition coefficient (Wildman–Crippen LogP) is 1.34. The summed E-state index contributed by atoms with van der Waals surface area (Å²) in [6, 6.07) is -0.243. The Bertz CT molecular complexity index is 546. The van der Waals surface area contributed by atoms with Gasteiger partial charge in [-0.05, 0) is 32.6 Å². The molecule has 2 amide bonds. The standard InChI is InChI=1S/C16H27N5O3/c1-13(14-19-17-12-21(14)9-11-23-2)18-15(22)20-7-5-16(6-8-20)4-3-10-24-16/h12-13H,3-11H2,1-2H3,(H,18,22)/t13-/m0/s1. The molecule has 134 valence electrons. The number of urea groups is 1. The van der Waals surface area contributed by atoms with Gasteiger partial charge in [0.25, 0.3) is 0 Å². The number of hydrogen-bond acceptors (Lipinski definition) is 5. The number of amides is 2. The molecule has 3 rings (SSSR count). The second-order valence-electron chi connectivity index (χ2n) is 6.67. The maximum Gasteiger partial charge on any atom is 0.317 e. The summed E-state index contributed by atoms with van der Waals surface area (Å²) in [6.07, 6.45) is 5.79. The van der Waals surface area contributed by atoms with Crippen molar-refractivity contribution in [1.82, 2.24) is 25.0 Å². The van der Waals surface area contributed by atoms with Crippen LogP contribution >= 0.6 is 0 Å². The van der Waals surface area contributed by atoms with Crippen LogP contribution in [0.1, 0.15) is 44.5 Å². The van der Waals surface area contributed by atoms with Gasteiger partial charge in [0.05, 0.1) is 18.2 Å². The summed E-state index contributed by atoms with van der Waals surface area (Å²) in [7, 11) is 1.66. The highest BCUT2D eigenvalue weighted by Gasteiger charge is 2.39. The summed E-state index contributed by atoms with van der Waals surface area (Å²) >= 11 is 0. The average Bonchev–Trinajstić information content (AvgIpc) is 3.23. The van der Waals surface area contributed by atoms with E-state index < -0.39 is 0 Å². The van der Waals surface area contributed by atoms with Gasteiger partial charge in [-0.25, -0.2) is 4.79 Å². The molecule has 0 aromatic carbocycles. The highest BCUT2D eigenvalue weighted by molar-refractivity contribution is 5.74. The van der Waals surface area contributed by atoms with E-state index in [0.717, 1.165) is 51.2 Å². The van der Waals surface area contributed by atoms with Gasteiger partial charge >= 0.3 is 6.03 Å². The van der Waals surface area contributed by atoms with Crippen LogP contribution in [0.4, 0.5) is 4.79 Å². The number of nitrogens with zero attached hydrogens (tertiary/aromatic N) is 4. The van der Waals surface area contributed by atoms with Crippen molar-refractivity contribution in [2.24, 2.45) is 0 Å². The third-order valence-corrected chi connectivity index (χ3v) is 5.06. The molecular formula is C16H27N5O3. The maximum absolute atomic E-state index is 12.5. The molecule has 3 heterocycles. The molecule has 1 aromatic heterocycles. The Morgan fingerprint density at radius 2 is 2.25 bits per heavy atom. The fourth-order valence-electron chi connectivity index (χ4n) is 3.57. The van der Waals surface area contributed by atoms with E-state index in [1.165, 1.54) is 0 Å². The molecular weight excluding hydrogens is 310 g/mol. The van der Waals surface area contributed by atoms with Gasteiger partial charge in [0.15, 0.2) is 5.82 Å². The smallest absolute Gasteiger partial charge is 0.317 e. The molecule has 24 heavy (non-hydrogen) atoms. The Morgan fingerprint density at radius 3 is 2.92 bits per heavy atom. The predicted molar refractivity (Wildman–Crippen MR) is 87.6 cm³/mol. The monoisotopic (exact) mass is 337 g/mol. The van der Waals surface area contributed by atoms with Crippen LogP contribution < -0.4 is 5.32 Å². The Labute approximate surface area is 142 Å². The van der Waals surface area contributed by atoms with E-state index in [1.54, 1.807) is 13.4 Å². The zero-order chi connectivity index (χ0) is 17.0. The minimum atomic E-state index is -0.199. The molecule has 2 aliphatic rings. The van der Waals surface area contributed by atoms with Crippen molar-refractivity contribution in [2.45, 2.75) is 50.8 Å². The molecule has 1 spiro atoms. The summed E-state index contributed by atoms with van der Waals surface area (Å²) in [4.78, 5) is 14.4. The number of nitrogens with one attached hydrogen (secondary N) is 1. The Hall–Kier alpha value is -1.67. The van der Waals surface area contributed by atoms with Crippen LogP contribution in [-0.4, -0.2) is 64.7 Å². The number of piperidine rings is 1. The van der Waals surface area contributed by atoms with Crippen LogP contribution in [0.3, 0.4) is 0 Å². The lowest BCUT2D eigenvalue weighted by Crippen LogP contribution is -2.50. The van der Waals surface area contributed by atoms with Crippen LogP contribution in [-0.2, 0) is 16.0 Å². The van der Waals surface area contributed by atoms with Gasteiger partial charge in [0.1, 0.15) is 6.33 Å². The molecule has 1 aromatic rings. The van der Waals surface area contributed by atoms with Gasteiger partial charge < -0.3 is 24.3 Å². The topological polar surface area (TPSA) is 81.5 Å². The first-order valence-corrected chi connectivity index (χ1v) is 8.70. The van der Waals surface area contributed by atoms with E-state index in [1.807, 2.05) is 16.4 Å². The van der Waals surface area contributed by atoms with Crippen LogP contribution in [0, 0.1) is 0 Å². The number of carbonyl (C=O) groups excluding carboxylic acids is 1. The SMILES string of the molecule is COCCn1cnnc1[C@H](C)NC(=O)N1CCC2(CCCO2)CC1. The molecule has 0 bridgehead atoms.